The van der Waals surface area contributed by atoms with E-state index >= 15 is 0 Å². The summed E-state index contributed by atoms with van der Waals surface area (Å²) < 4.78 is 21.0. The molecule has 0 aliphatic heterocycles. The number of benzene rings is 2. The zero-order chi connectivity index (χ0) is 17.5. The van der Waals surface area contributed by atoms with Crippen LogP contribution in [0.1, 0.15) is 15.9 Å². The molecule has 0 aliphatic rings. The molecule has 0 saturated carbocycles. The highest BCUT2D eigenvalue weighted by molar-refractivity contribution is 6.09. The topological polar surface area (TPSA) is 54.0 Å². The van der Waals surface area contributed by atoms with E-state index < -0.39 is 0 Å². The van der Waals surface area contributed by atoms with Gasteiger partial charge in [-0.3, -0.25) is 4.79 Å². The second-order valence-electron chi connectivity index (χ2n) is 4.84. The maximum atomic E-state index is 12.5. The second kappa shape index (κ2) is 8.06. The van der Waals surface area contributed by atoms with Crippen molar-refractivity contribution < 1.29 is 23.7 Å². The molecule has 0 spiro atoms. The Balaban J connectivity index is 2.35. The summed E-state index contributed by atoms with van der Waals surface area (Å²) in [4.78, 5) is 12.5. The first-order chi connectivity index (χ1) is 11.6. The van der Waals surface area contributed by atoms with Crippen molar-refractivity contribution in [2.75, 3.05) is 28.4 Å². The van der Waals surface area contributed by atoms with Crippen molar-refractivity contribution in [2.24, 2.45) is 0 Å². The first-order valence-corrected chi connectivity index (χ1v) is 7.30. The molecule has 2 aromatic carbocycles. The first kappa shape index (κ1) is 17.4. The van der Waals surface area contributed by atoms with Crippen molar-refractivity contribution in [3.63, 3.8) is 0 Å². The molecule has 0 unspecified atom stereocenters. The fourth-order valence-electron chi connectivity index (χ4n) is 2.30. The molecular formula is C19H20O5. The highest BCUT2D eigenvalue weighted by Gasteiger charge is 2.12. The van der Waals surface area contributed by atoms with Crippen molar-refractivity contribution >= 4 is 11.9 Å². The highest BCUT2D eigenvalue weighted by Crippen LogP contribution is 2.30. The van der Waals surface area contributed by atoms with Gasteiger partial charge in [0.2, 0.25) is 0 Å². The van der Waals surface area contributed by atoms with Gasteiger partial charge in [-0.15, -0.1) is 0 Å². The Morgan fingerprint density at radius 1 is 0.833 bits per heavy atom. The quantitative estimate of drug-likeness (QED) is 0.574. The van der Waals surface area contributed by atoms with Crippen LogP contribution < -0.4 is 18.9 Å². The molecule has 126 valence electrons. The molecule has 0 aromatic heterocycles. The molecule has 0 radical (unpaired) electrons. The molecule has 2 rings (SSSR count). The van der Waals surface area contributed by atoms with Crippen LogP contribution in [0.25, 0.3) is 6.08 Å². The van der Waals surface area contributed by atoms with E-state index in [2.05, 4.69) is 0 Å². The molecule has 0 aliphatic carbocycles. The lowest BCUT2D eigenvalue weighted by Crippen LogP contribution is -2.00. The van der Waals surface area contributed by atoms with Crippen molar-refractivity contribution in [1.82, 2.24) is 0 Å². The summed E-state index contributed by atoms with van der Waals surface area (Å²) in [6.45, 7) is 0. The number of carbonyl (C=O) groups excluding carboxylic acids is 1. The van der Waals surface area contributed by atoms with Crippen LogP contribution >= 0.6 is 0 Å². The predicted octanol–water partition coefficient (Wildman–Crippen LogP) is 3.62. The molecule has 2 aromatic rings. The number of hydrogen-bond donors (Lipinski definition) is 0. The third kappa shape index (κ3) is 3.68. The third-order valence-electron chi connectivity index (χ3n) is 3.54. The molecule has 0 fully saturated rings. The van der Waals surface area contributed by atoms with Crippen LogP contribution in [0.2, 0.25) is 0 Å². The van der Waals surface area contributed by atoms with E-state index in [9.17, 15) is 4.79 Å². The fourth-order valence-corrected chi connectivity index (χ4v) is 2.30. The number of carbonyl (C=O) groups is 1. The van der Waals surface area contributed by atoms with Gasteiger partial charge in [0.15, 0.2) is 5.78 Å². The zero-order valence-corrected chi connectivity index (χ0v) is 14.2. The van der Waals surface area contributed by atoms with Gasteiger partial charge in [-0.05, 0) is 36.4 Å². The average molecular weight is 328 g/mol. The van der Waals surface area contributed by atoms with Crippen LogP contribution in [0, 0.1) is 0 Å². The van der Waals surface area contributed by atoms with Crippen molar-refractivity contribution in [3.05, 3.63) is 53.6 Å². The molecule has 0 atom stereocenters. The van der Waals surface area contributed by atoms with Crippen LogP contribution in [-0.4, -0.2) is 34.2 Å². The smallest absolute Gasteiger partial charge is 0.189 e. The predicted molar refractivity (Wildman–Crippen MR) is 92.5 cm³/mol. The molecule has 5 heteroatoms. The van der Waals surface area contributed by atoms with Gasteiger partial charge >= 0.3 is 0 Å². The number of ether oxygens (including phenoxy) is 4. The molecular weight excluding hydrogens is 308 g/mol. The summed E-state index contributed by atoms with van der Waals surface area (Å²) in [6.07, 6.45) is 3.13. The Morgan fingerprint density at radius 2 is 1.46 bits per heavy atom. The van der Waals surface area contributed by atoms with E-state index in [1.165, 1.54) is 13.2 Å². The number of hydrogen-bond acceptors (Lipinski definition) is 5. The number of allylic oxidation sites excluding steroid dienone is 1. The van der Waals surface area contributed by atoms with Crippen LogP contribution in [-0.2, 0) is 0 Å². The minimum atomic E-state index is -0.192. The van der Waals surface area contributed by atoms with E-state index in [0.29, 0.717) is 34.1 Å². The summed E-state index contributed by atoms with van der Waals surface area (Å²) in [5.74, 6) is 2.14. The zero-order valence-electron chi connectivity index (χ0n) is 14.2. The van der Waals surface area contributed by atoms with E-state index in [-0.39, 0.29) is 5.78 Å². The van der Waals surface area contributed by atoms with Gasteiger partial charge in [0, 0.05) is 6.07 Å². The lowest BCUT2D eigenvalue weighted by atomic mass is 10.1. The van der Waals surface area contributed by atoms with Gasteiger partial charge in [0.1, 0.15) is 23.0 Å². The Morgan fingerprint density at radius 3 is 2.00 bits per heavy atom. The SMILES string of the molecule is COc1ccc(C(=O)/C=C/c2c(OC)cccc2OC)c(OC)c1. The molecule has 0 amide bonds. The normalized spacial score (nSPS) is 10.5. The van der Waals surface area contributed by atoms with E-state index in [0.717, 1.165) is 0 Å². The summed E-state index contributed by atoms with van der Waals surface area (Å²) in [6, 6.07) is 10.5. The molecule has 0 N–H and O–H groups in total. The Bertz CT molecular complexity index is 727. The van der Waals surface area contributed by atoms with Gasteiger partial charge in [0.05, 0.1) is 39.6 Å². The lowest BCUT2D eigenvalue weighted by Gasteiger charge is -2.10. The first-order valence-electron chi connectivity index (χ1n) is 7.30. The van der Waals surface area contributed by atoms with Gasteiger partial charge in [-0.2, -0.15) is 0 Å². The average Bonchev–Trinajstić information content (AvgIpc) is 2.64. The maximum absolute atomic E-state index is 12.5. The van der Waals surface area contributed by atoms with Gasteiger partial charge < -0.3 is 18.9 Å². The van der Waals surface area contributed by atoms with Crippen molar-refractivity contribution in [2.45, 2.75) is 0 Å². The van der Waals surface area contributed by atoms with Crippen LogP contribution in [0.15, 0.2) is 42.5 Å². The largest absolute Gasteiger partial charge is 0.497 e. The molecule has 24 heavy (non-hydrogen) atoms. The Kier molecular flexibility index (Phi) is 5.84. The second-order valence-corrected chi connectivity index (χ2v) is 4.84. The Labute approximate surface area is 141 Å². The molecule has 0 bridgehead atoms. The molecule has 0 heterocycles. The summed E-state index contributed by atoms with van der Waals surface area (Å²) in [7, 11) is 6.21. The van der Waals surface area contributed by atoms with Gasteiger partial charge in [0.25, 0.3) is 0 Å². The molecule has 0 saturated heterocycles. The minimum Gasteiger partial charge on any atom is -0.497 e. The molecule has 5 nitrogen and oxygen atoms in total. The van der Waals surface area contributed by atoms with Crippen molar-refractivity contribution in [3.8, 4) is 23.0 Å². The standard InChI is InChI=1S/C19H20O5/c1-21-13-8-9-14(19(12-13)24-4)16(20)11-10-15-17(22-2)6-5-7-18(15)23-3/h5-12H,1-4H3/b11-10+. The fraction of sp³-hybridized carbons (Fsp3) is 0.211. The van der Waals surface area contributed by atoms with Crippen molar-refractivity contribution in [1.29, 1.82) is 0 Å². The summed E-state index contributed by atoms with van der Waals surface area (Å²) in [5, 5.41) is 0. The lowest BCUT2D eigenvalue weighted by molar-refractivity contribution is 0.104. The van der Waals surface area contributed by atoms with Crippen LogP contribution in [0.4, 0.5) is 0 Å². The number of methoxy groups -OCH3 is 4. The monoisotopic (exact) mass is 328 g/mol. The highest BCUT2D eigenvalue weighted by atomic mass is 16.5. The van der Waals surface area contributed by atoms with E-state index in [1.807, 2.05) is 6.07 Å². The van der Waals surface area contributed by atoms with Gasteiger partial charge in [-0.1, -0.05) is 6.07 Å². The number of rotatable bonds is 7. The van der Waals surface area contributed by atoms with E-state index in [1.54, 1.807) is 57.7 Å². The summed E-state index contributed by atoms with van der Waals surface area (Å²) in [5.41, 5.74) is 1.15. The summed E-state index contributed by atoms with van der Waals surface area (Å²) >= 11 is 0. The van der Waals surface area contributed by atoms with Gasteiger partial charge in [-0.25, -0.2) is 0 Å². The minimum absolute atomic E-state index is 0.192. The van der Waals surface area contributed by atoms with Crippen LogP contribution in [0.5, 0.6) is 23.0 Å². The van der Waals surface area contributed by atoms with E-state index in [4.69, 9.17) is 18.9 Å². The Hall–Kier alpha value is -2.95. The van der Waals surface area contributed by atoms with Crippen LogP contribution in [0.3, 0.4) is 0 Å². The third-order valence-corrected chi connectivity index (χ3v) is 3.54. The number of ketones is 1. The maximum Gasteiger partial charge on any atom is 0.189 e.